The molecule has 1 aromatic heterocycles. The number of aryl methyl sites for hydroxylation is 1. The van der Waals surface area contributed by atoms with Crippen LogP contribution in [0.5, 0.6) is 0 Å². The predicted octanol–water partition coefficient (Wildman–Crippen LogP) is 2.41. The van der Waals surface area contributed by atoms with Crippen molar-refractivity contribution in [2.75, 3.05) is 6.54 Å². The van der Waals surface area contributed by atoms with Gasteiger partial charge in [0.25, 0.3) is 5.56 Å². The molecule has 4 aliphatic rings. The molecular formula is C22H27N3O3. The minimum Gasteiger partial charge on any atom is -0.355 e. The average molecular weight is 381 g/mol. The number of aromatic amines is 1. The van der Waals surface area contributed by atoms with Gasteiger partial charge in [0.15, 0.2) is 0 Å². The molecule has 0 radical (unpaired) electrons. The Bertz CT molecular complexity index is 1000. The van der Waals surface area contributed by atoms with Crippen LogP contribution in [0.15, 0.2) is 33.9 Å². The summed E-state index contributed by atoms with van der Waals surface area (Å²) in [7, 11) is 0. The van der Waals surface area contributed by atoms with Crippen LogP contribution >= 0.6 is 0 Å². The Morgan fingerprint density at radius 1 is 1.07 bits per heavy atom. The first-order valence-corrected chi connectivity index (χ1v) is 10.5. The second-order valence-electron chi connectivity index (χ2n) is 9.37. The summed E-state index contributed by atoms with van der Waals surface area (Å²) < 4.78 is 1.49. The number of amides is 1. The fraction of sp³-hybridized carbons (Fsp3) is 0.591. The van der Waals surface area contributed by atoms with Crippen molar-refractivity contribution in [2.24, 2.45) is 23.2 Å². The fourth-order valence-electron chi connectivity index (χ4n) is 6.56. The molecule has 1 heterocycles. The van der Waals surface area contributed by atoms with Gasteiger partial charge in [-0.3, -0.25) is 19.1 Å². The average Bonchev–Trinajstić information content (AvgIpc) is 2.65. The number of carbonyl (C=O) groups is 1. The van der Waals surface area contributed by atoms with Crippen LogP contribution < -0.4 is 16.6 Å². The lowest BCUT2D eigenvalue weighted by atomic mass is 9.49. The van der Waals surface area contributed by atoms with Gasteiger partial charge in [-0.25, -0.2) is 4.79 Å². The first kappa shape index (κ1) is 17.7. The minimum atomic E-state index is -0.461. The molecule has 28 heavy (non-hydrogen) atoms. The highest BCUT2D eigenvalue weighted by molar-refractivity contribution is 5.78. The van der Waals surface area contributed by atoms with Gasteiger partial charge in [0.1, 0.15) is 0 Å². The zero-order valence-corrected chi connectivity index (χ0v) is 16.1. The highest BCUT2D eigenvalue weighted by atomic mass is 16.2. The number of H-pyrrole nitrogens is 1. The molecule has 0 spiro atoms. The molecule has 1 aromatic carbocycles. The molecule has 4 saturated carbocycles. The summed E-state index contributed by atoms with van der Waals surface area (Å²) in [4.78, 5) is 39.1. The van der Waals surface area contributed by atoms with Crippen molar-refractivity contribution in [1.29, 1.82) is 0 Å². The van der Waals surface area contributed by atoms with Crippen molar-refractivity contribution >= 4 is 16.8 Å². The molecule has 2 N–H and O–H groups in total. The van der Waals surface area contributed by atoms with E-state index in [0.717, 1.165) is 24.3 Å². The first-order valence-electron chi connectivity index (χ1n) is 10.5. The number of nitrogens with zero attached hydrogens (tertiary/aromatic N) is 1. The van der Waals surface area contributed by atoms with Gasteiger partial charge in [-0.15, -0.1) is 0 Å². The van der Waals surface area contributed by atoms with E-state index in [4.69, 9.17) is 0 Å². The van der Waals surface area contributed by atoms with Gasteiger partial charge in [-0.2, -0.15) is 0 Å². The molecule has 4 bridgehead atoms. The summed E-state index contributed by atoms with van der Waals surface area (Å²) in [6, 6.07) is 7.01. The van der Waals surface area contributed by atoms with E-state index in [-0.39, 0.29) is 24.4 Å². The van der Waals surface area contributed by atoms with Gasteiger partial charge in [0, 0.05) is 19.5 Å². The summed E-state index contributed by atoms with van der Waals surface area (Å²) in [5.41, 5.74) is 0.0391. The van der Waals surface area contributed by atoms with E-state index < -0.39 is 5.69 Å². The van der Waals surface area contributed by atoms with Crippen LogP contribution in [0.25, 0.3) is 10.9 Å². The Morgan fingerprint density at radius 3 is 2.39 bits per heavy atom. The van der Waals surface area contributed by atoms with E-state index in [1.807, 2.05) is 0 Å². The second-order valence-corrected chi connectivity index (χ2v) is 9.37. The SMILES string of the molecule is O=C(CCn1c(=O)[nH]c(=O)c2ccccc21)NCC12CC3CC(CC(C3)C1)C2. The van der Waals surface area contributed by atoms with Gasteiger partial charge in [-0.05, 0) is 73.8 Å². The number of para-hydroxylation sites is 1. The maximum absolute atomic E-state index is 12.5. The Kier molecular flexibility index (Phi) is 4.18. The second kappa shape index (κ2) is 6.61. The molecule has 0 saturated heterocycles. The van der Waals surface area contributed by atoms with E-state index in [2.05, 4.69) is 10.3 Å². The van der Waals surface area contributed by atoms with Crippen LogP contribution in [0, 0.1) is 23.2 Å². The summed E-state index contributed by atoms with van der Waals surface area (Å²) in [5, 5.41) is 3.63. The third-order valence-corrected chi connectivity index (χ3v) is 7.29. The van der Waals surface area contributed by atoms with E-state index in [1.165, 1.54) is 43.1 Å². The summed E-state index contributed by atoms with van der Waals surface area (Å²) in [5.74, 6) is 2.59. The fourth-order valence-corrected chi connectivity index (χ4v) is 6.56. The normalized spacial score (nSPS) is 30.6. The van der Waals surface area contributed by atoms with Crippen molar-refractivity contribution in [2.45, 2.75) is 51.5 Å². The van der Waals surface area contributed by atoms with Crippen LogP contribution in [0.1, 0.15) is 44.9 Å². The molecule has 4 fully saturated rings. The van der Waals surface area contributed by atoms with E-state index >= 15 is 0 Å². The highest BCUT2D eigenvalue weighted by Gasteiger charge is 2.50. The molecular weight excluding hydrogens is 354 g/mol. The molecule has 2 aromatic rings. The lowest BCUT2D eigenvalue weighted by Crippen LogP contribution is -2.51. The van der Waals surface area contributed by atoms with Gasteiger partial charge in [0.05, 0.1) is 10.9 Å². The summed E-state index contributed by atoms with van der Waals surface area (Å²) >= 11 is 0. The number of benzene rings is 1. The van der Waals surface area contributed by atoms with Gasteiger partial charge in [0.2, 0.25) is 5.91 Å². The van der Waals surface area contributed by atoms with Gasteiger partial charge >= 0.3 is 5.69 Å². The molecule has 0 atom stereocenters. The smallest absolute Gasteiger partial charge is 0.328 e. The Labute approximate surface area is 163 Å². The van der Waals surface area contributed by atoms with Gasteiger partial charge in [-0.1, -0.05) is 12.1 Å². The van der Waals surface area contributed by atoms with Crippen molar-refractivity contribution < 1.29 is 4.79 Å². The van der Waals surface area contributed by atoms with Crippen LogP contribution in [0.4, 0.5) is 0 Å². The largest absolute Gasteiger partial charge is 0.355 e. The third-order valence-electron chi connectivity index (χ3n) is 7.29. The standard InChI is InChI=1S/C22H27N3O3/c26-19(23-13-22-10-14-7-15(11-22)9-16(8-14)12-22)5-6-25-18-4-2-1-3-17(18)20(27)24-21(25)28/h1-4,14-16H,5-13H2,(H,23,26)(H,24,27,28). The molecule has 6 heteroatoms. The van der Waals surface area contributed by atoms with Crippen LogP contribution in [0.3, 0.4) is 0 Å². The topological polar surface area (TPSA) is 84.0 Å². The first-order chi connectivity index (χ1) is 13.5. The minimum absolute atomic E-state index is 0.0158. The van der Waals surface area contributed by atoms with E-state index in [1.54, 1.807) is 24.3 Å². The molecule has 0 unspecified atom stereocenters. The monoisotopic (exact) mass is 381 g/mol. The maximum atomic E-state index is 12.5. The highest BCUT2D eigenvalue weighted by Crippen LogP contribution is 2.59. The Morgan fingerprint density at radius 2 is 1.71 bits per heavy atom. The number of rotatable bonds is 5. The Balaban J connectivity index is 1.25. The molecule has 6 rings (SSSR count). The van der Waals surface area contributed by atoms with Gasteiger partial charge < -0.3 is 5.32 Å². The van der Waals surface area contributed by atoms with Crippen LogP contribution in [-0.2, 0) is 11.3 Å². The van der Waals surface area contributed by atoms with Crippen LogP contribution in [0.2, 0.25) is 0 Å². The number of fused-ring (bicyclic) bond motifs is 1. The van der Waals surface area contributed by atoms with Crippen LogP contribution in [-0.4, -0.2) is 22.0 Å². The number of aromatic nitrogens is 2. The number of nitrogens with one attached hydrogen (secondary N) is 2. The predicted molar refractivity (Wildman–Crippen MR) is 107 cm³/mol. The molecule has 0 aliphatic heterocycles. The third kappa shape index (κ3) is 3.09. The van der Waals surface area contributed by atoms with Crippen molar-refractivity contribution in [1.82, 2.24) is 14.9 Å². The van der Waals surface area contributed by atoms with E-state index in [9.17, 15) is 14.4 Å². The number of carbonyl (C=O) groups excluding carboxylic acids is 1. The summed E-state index contributed by atoms with van der Waals surface area (Å²) in [6.45, 7) is 1.04. The molecule has 1 amide bonds. The zero-order valence-electron chi connectivity index (χ0n) is 16.1. The van der Waals surface area contributed by atoms with Crippen molar-refractivity contribution in [3.8, 4) is 0 Å². The molecule has 148 valence electrons. The summed E-state index contributed by atoms with van der Waals surface area (Å²) in [6.07, 6.45) is 8.23. The zero-order chi connectivity index (χ0) is 19.3. The number of hydrogen-bond acceptors (Lipinski definition) is 3. The lowest BCUT2D eigenvalue weighted by molar-refractivity contribution is -0.123. The maximum Gasteiger partial charge on any atom is 0.328 e. The van der Waals surface area contributed by atoms with E-state index in [0.29, 0.717) is 16.3 Å². The lowest BCUT2D eigenvalue weighted by Gasteiger charge is -2.56. The number of hydrogen-bond donors (Lipinski definition) is 2. The molecule has 6 nitrogen and oxygen atoms in total. The quantitative estimate of drug-likeness (QED) is 0.834. The molecule has 4 aliphatic carbocycles. The van der Waals surface area contributed by atoms with Crippen molar-refractivity contribution in [3.05, 3.63) is 45.1 Å². The van der Waals surface area contributed by atoms with Crippen molar-refractivity contribution in [3.63, 3.8) is 0 Å². The Hall–Kier alpha value is -2.37.